The third-order valence-corrected chi connectivity index (χ3v) is 1.49. The van der Waals surface area contributed by atoms with Crippen LogP contribution in [0.2, 0.25) is 0 Å². The van der Waals surface area contributed by atoms with E-state index < -0.39 is 12.3 Å². The highest BCUT2D eigenvalue weighted by atomic mass is 16.7. The van der Waals surface area contributed by atoms with Crippen molar-refractivity contribution < 1.29 is 24.1 Å². The van der Waals surface area contributed by atoms with Crippen LogP contribution in [0, 0.1) is 0 Å². The number of carbonyl (C=O) groups is 1. The van der Waals surface area contributed by atoms with Crippen molar-refractivity contribution >= 4 is 6.16 Å². The standard InChI is InChI=1S/C8H16O5/c1-6(9)4-7(11-2)5-13-8(10)12-3/h6-7,9H,4-5H2,1-3H3. The van der Waals surface area contributed by atoms with Crippen molar-refractivity contribution in [3.8, 4) is 0 Å². The smallest absolute Gasteiger partial charge is 0.438 e. The second-order valence-electron chi connectivity index (χ2n) is 2.71. The number of methoxy groups -OCH3 is 2. The average molecular weight is 192 g/mol. The summed E-state index contributed by atoms with van der Waals surface area (Å²) in [6.07, 6.45) is -1.09. The zero-order valence-corrected chi connectivity index (χ0v) is 8.15. The van der Waals surface area contributed by atoms with Crippen LogP contribution < -0.4 is 0 Å². The number of carbonyl (C=O) groups excluding carboxylic acids is 1. The summed E-state index contributed by atoms with van der Waals surface area (Å²) in [6.45, 7) is 1.73. The van der Waals surface area contributed by atoms with E-state index in [-0.39, 0.29) is 12.7 Å². The molecule has 0 bridgehead atoms. The molecular formula is C8H16O5. The Kier molecular flexibility index (Phi) is 6.26. The molecule has 0 aromatic rings. The summed E-state index contributed by atoms with van der Waals surface area (Å²) >= 11 is 0. The minimum Gasteiger partial charge on any atom is -0.438 e. The first-order valence-corrected chi connectivity index (χ1v) is 4.01. The van der Waals surface area contributed by atoms with Crippen LogP contribution in [0.4, 0.5) is 4.79 Å². The van der Waals surface area contributed by atoms with Gasteiger partial charge in [0, 0.05) is 13.5 Å². The molecule has 2 unspecified atom stereocenters. The zero-order chi connectivity index (χ0) is 10.3. The number of hydrogen-bond donors (Lipinski definition) is 1. The number of aliphatic hydroxyl groups is 1. The molecule has 0 aliphatic heterocycles. The van der Waals surface area contributed by atoms with E-state index >= 15 is 0 Å². The fourth-order valence-electron chi connectivity index (χ4n) is 0.833. The normalized spacial score (nSPS) is 14.8. The number of aliphatic hydroxyl groups excluding tert-OH is 1. The number of ether oxygens (including phenoxy) is 3. The van der Waals surface area contributed by atoms with E-state index in [2.05, 4.69) is 9.47 Å². The molecule has 0 aromatic carbocycles. The molecule has 0 aliphatic carbocycles. The third-order valence-electron chi connectivity index (χ3n) is 1.49. The first-order chi connectivity index (χ1) is 6.10. The van der Waals surface area contributed by atoms with Crippen molar-refractivity contribution in [1.82, 2.24) is 0 Å². The lowest BCUT2D eigenvalue weighted by atomic mass is 10.2. The molecule has 0 aliphatic rings. The molecule has 0 radical (unpaired) electrons. The summed E-state index contributed by atoms with van der Waals surface area (Å²) < 4.78 is 13.9. The van der Waals surface area contributed by atoms with Gasteiger partial charge in [-0.25, -0.2) is 4.79 Å². The van der Waals surface area contributed by atoms with Gasteiger partial charge in [0.25, 0.3) is 0 Å². The van der Waals surface area contributed by atoms with Crippen LogP contribution in [0.5, 0.6) is 0 Å². The van der Waals surface area contributed by atoms with Gasteiger partial charge in [0.15, 0.2) is 0 Å². The lowest BCUT2D eigenvalue weighted by molar-refractivity contribution is -0.0105. The summed E-state index contributed by atoms with van der Waals surface area (Å²) in [4.78, 5) is 10.6. The summed E-state index contributed by atoms with van der Waals surface area (Å²) in [5, 5.41) is 9.02. The lowest BCUT2D eigenvalue weighted by Gasteiger charge is -2.16. The molecule has 0 aromatic heterocycles. The van der Waals surface area contributed by atoms with Crippen LogP contribution in [-0.4, -0.2) is 44.3 Å². The molecule has 5 heteroatoms. The molecule has 78 valence electrons. The molecule has 0 spiro atoms. The van der Waals surface area contributed by atoms with Gasteiger partial charge in [-0.3, -0.25) is 0 Å². The monoisotopic (exact) mass is 192 g/mol. The van der Waals surface area contributed by atoms with E-state index in [9.17, 15) is 4.79 Å². The van der Waals surface area contributed by atoms with E-state index in [1.165, 1.54) is 14.2 Å². The second-order valence-corrected chi connectivity index (χ2v) is 2.71. The number of hydrogen-bond acceptors (Lipinski definition) is 5. The maximum Gasteiger partial charge on any atom is 0.508 e. The highest BCUT2D eigenvalue weighted by molar-refractivity contribution is 5.59. The quantitative estimate of drug-likeness (QED) is 0.644. The molecule has 2 atom stereocenters. The van der Waals surface area contributed by atoms with Crippen molar-refractivity contribution in [2.45, 2.75) is 25.6 Å². The van der Waals surface area contributed by atoms with Gasteiger partial charge < -0.3 is 19.3 Å². The van der Waals surface area contributed by atoms with Crippen molar-refractivity contribution in [2.24, 2.45) is 0 Å². The summed E-state index contributed by atoms with van der Waals surface area (Å²) in [5.41, 5.74) is 0. The van der Waals surface area contributed by atoms with Crippen molar-refractivity contribution in [1.29, 1.82) is 0 Å². The fourth-order valence-corrected chi connectivity index (χ4v) is 0.833. The molecule has 1 N–H and O–H groups in total. The predicted molar refractivity (Wildman–Crippen MR) is 45.5 cm³/mol. The Balaban J connectivity index is 3.65. The van der Waals surface area contributed by atoms with E-state index in [4.69, 9.17) is 9.84 Å². The molecule has 0 saturated heterocycles. The second kappa shape index (κ2) is 6.68. The Morgan fingerprint density at radius 2 is 2.08 bits per heavy atom. The van der Waals surface area contributed by atoms with E-state index in [0.717, 1.165) is 0 Å². The van der Waals surface area contributed by atoms with Gasteiger partial charge >= 0.3 is 6.16 Å². The van der Waals surface area contributed by atoms with Gasteiger partial charge in [0.2, 0.25) is 0 Å². The van der Waals surface area contributed by atoms with Crippen molar-refractivity contribution in [3.63, 3.8) is 0 Å². The maximum atomic E-state index is 10.6. The lowest BCUT2D eigenvalue weighted by Crippen LogP contribution is -2.24. The summed E-state index contributed by atoms with van der Waals surface area (Å²) in [5.74, 6) is 0. The van der Waals surface area contributed by atoms with Crippen LogP contribution >= 0.6 is 0 Å². The Bertz CT molecular complexity index is 145. The van der Waals surface area contributed by atoms with Crippen LogP contribution in [-0.2, 0) is 14.2 Å². The van der Waals surface area contributed by atoms with Crippen LogP contribution in [0.1, 0.15) is 13.3 Å². The minimum atomic E-state index is -0.743. The average Bonchev–Trinajstić information content (AvgIpc) is 2.10. The molecule has 0 amide bonds. The summed E-state index contributed by atoms with van der Waals surface area (Å²) in [7, 11) is 2.73. The van der Waals surface area contributed by atoms with Gasteiger partial charge in [-0.05, 0) is 6.92 Å². The number of rotatable bonds is 5. The Hall–Kier alpha value is -0.810. The van der Waals surface area contributed by atoms with E-state index in [1.807, 2.05) is 0 Å². The molecular weight excluding hydrogens is 176 g/mol. The van der Waals surface area contributed by atoms with Gasteiger partial charge in [-0.2, -0.15) is 0 Å². The Morgan fingerprint density at radius 1 is 1.46 bits per heavy atom. The van der Waals surface area contributed by atoms with Crippen LogP contribution in [0.3, 0.4) is 0 Å². The largest absolute Gasteiger partial charge is 0.508 e. The first-order valence-electron chi connectivity index (χ1n) is 4.01. The zero-order valence-electron chi connectivity index (χ0n) is 8.15. The third kappa shape index (κ3) is 6.36. The predicted octanol–water partition coefficient (Wildman–Crippen LogP) is 0.555. The SMILES string of the molecule is COC(=O)OCC(CC(C)O)OC. The van der Waals surface area contributed by atoms with Crippen molar-refractivity contribution in [2.75, 3.05) is 20.8 Å². The van der Waals surface area contributed by atoms with Gasteiger partial charge in [0.05, 0.1) is 19.3 Å². The summed E-state index contributed by atoms with van der Waals surface area (Å²) in [6, 6.07) is 0. The Labute approximate surface area is 77.6 Å². The maximum absolute atomic E-state index is 10.6. The molecule has 5 nitrogen and oxygen atoms in total. The molecule has 13 heavy (non-hydrogen) atoms. The van der Waals surface area contributed by atoms with Crippen molar-refractivity contribution in [3.05, 3.63) is 0 Å². The fraction of sp³-hybridized carbons (Fsp3) is 0.875. The molecule has 0 saturated carbocycles. The van der Waals surface area contributed by atoms with E-state index in [1.54, 1.807) is 6.92 Å². The minimum absolute atomic E-state index is 0.0913. The van der Waals surface area contributed by atoms with E-state index in [0.29, 0.717) is 6.42 Å². The van der Waals surface area contributed by atoms with Crippen LogP contribution in [0.15, 0.2) is 0 Å². The highest BCUT2D eigenvalue weighted by Crippen LogP contribution is 2.02. The van der Waals surface area contributed by atoms with Crippen LogP contribution in [0.25, 0.3) is 0 Å². The van der Waals surface area contributed by atoms with Gasteiger partial charge in [-0.15, -0.1) is 0 Å². The molecule has 0 rings (SSSR count). The topological polar surface area (TPSA) is 65.0 Å². The highest BCUT2D eigenvalue weighted by Gasteiger charge is 2.13. The first kappa shape index (κ1) is 12.2. The molecule has 0 heterocycles. The molecule has 0 fully saturated rings. The Morgan fingerprint density at radius 3 is 2.46 bits per heavy atom. The van der Waals surface area contributed by atoms with Gasteiger partial charge in [-0.1, -0.05) is 0 Å². The van der Waals surface area contributed by atoms with Gasteiger partial charge in [0.1, 0.15) is 6.61 Å².